The van der Waals surface area contributed by atoms with Gasteiger partial charge in [-0.3, -0.25) is 9.20 Å². The number of rotatable bonds is 3. The third-order valence-corrected chi connectivity index (χ3v) is 7.56. The molecule has 1 aliphatic carbocycles. The molecule has 0 N–H and O–H groups in total. The number of fused-ring (bicyclic) bond motifs is 4. The van der Waals surface area contributed by atoms with Crippen LogP contribution in [0.3, 0.4) is 0 Å². The number of thioether (sulfide) groups is 1. The fourth-order valence-electron chi connectivity index (χ4n) is 3.43. The van der Waals surface area contributed by atoms with Crippen molar-refractivity contribution < 1.29 is 0 Å². The molecule has 5 nitrogen and oxygen atoms in total. The van der Waals surface area contributed by atoms with Gasteiger partial charge in [-0.1, -0.05) is 11.8 Å². The first-order valence-electron chi connectivity index (χ1n) is 8.56. The Bertz CT molecular complexity index is 1190. The van der Waals surface area contributed by atoms with E-state index in [0.717, 1.165) is 39.2 Å². The lowest BCUT2D eigenvalue weighted by molar-refractivity contribution is 0.699. The normalized spacial score (nSPS) is 14.2. The van der Waals surface area contributed by atoms with E-state index < -0.39 is 0 Å². The maximum absolute atomic E-state index is 12.2. The van der Waals surface area contributed by atoms with E-state index in [-0.39, 0.29) is 5.56 Å². The van der Waals surface area contributed by atoms with Gasteiger partial charge in [0.1, 0.15) is 15.7 Å². The van der Waals surface area contributed by atoms with E-state index in [0.29, 0.717) is 5.75 Å². The number of hydrogen-bond donors (Lipinski definition) is 0. The molecular weight excluding hydrogens is 384 g/mol. The van der Waals surface area contributed by atoms with Crippen LogP contribution in [-0.4, -0.2) is 19.4 Å². The van der Waals surface area contributed by atoms with E-state index in [9.17, 15) is 4.79 Å². The highest BCUT2D eigenvalue weighted by atomic mass is 32.2. The second-order valence-electron chi connectivity index (χ2n) is 6.40. The lowest BCUT2D eigenvalue weighted by atomic mass is 9.97. The van der Waals surface area contributed by atoms with E-state index >= 15 is 0 Å². The third kappa shape index (κ3) is 2.76. The molecule has 0 aromatic carbocycles. The van der Waals surface area contributed by atoms with Crippen LogP contribution in [0.5, 0.6) is 0 Å². The minimum atomic E-state index is -0.0243. The predicted molar refractivity (Wildman–Crippen MR) is 108 cm³/mol. The summed E-state index contributed by atoms with van der Waals surface area (Å²) in [5, 5.41) is 4.14. The summed E-state index contributed by atoms with van der Waals surface area (Å²) in [6.45, 7) is 1.95. The Hall–Kier alpha value is -1.77. The van der Waals surface area contributed by atoms with Gasteiger partial charge in [-0.25, -0.2) is 15.0 Å². The van der Waals surface area contributed by atoms with Gasteiger partial charge < -0.3 is 0 Å². The fraction of sp³-hybridized carbons (Fsp3) is 0.333. The highest BCUT2D eigenvalue weighted by Gasteiger charge is 2.21. The summed E-state index contributed by atoms with van der Waals surface area (Å²) < 4.78 is 1.58. The van der Waals surface area contributed by atoms with Crippen LogP contribution in [0.15, 0.2) is 27.5 Å². The minimum absolute atomic E-state index is 0.0243. The molecule has 0 unspecified atom stereocenters. The molecule has 132 valence electrons. The van der Waals surface area contributed by atoms with Crippen LogP contribution >= 0.6 is 34.4 Å². The summed E-state index contributed by atoms with van der Waals surface area (Å²) in [5.41, 5.74) is 2.22. The van der Waals surface area contributed by atoms with Gasteiger partial charge in [-0.2, -0.15) is 0 Å². The Morgan fingerprint density at radius 3 is 3.04 bits per heavy atom. The first-order valence-corrected chi connectivity index (χ1v) is 11.2. The number of aryl methyl sites for hydroxylation is 3. The Balaban J connectivity index is 1.54. The lowest BCUT2D eigenvalue weighted by Crippen LogP contribution is -2.12. The van der Waals surface area contributed by atoms with Crippen molar-refractivity contribution in [3.8, 4) is 0 Å². The van der Waals surface area contributed by atoms with Crippen molar-refractivity contribution in [3.05, 3.63) is 50.0 Å². The Kier molecular flexibility index (Phi) is 4.06. The molecule has 0 saturated carbocycles. The van der Waals surface area contributed by atoms with Crippen LogP contribution in [0.2, 0.25) is 0 Å². The fourth-order valence-corrected chi connectivity index (χ4v) is 6.54. The molecule has 0 spiro atoms. The Morgan fingerprint density at radius 2 is 2.12 bits per heavy atom. The van der Waals surface area contributed by atoms with E-state index in [1.807, 2.05) is 23.6 Å². The van der Waals surface area contributed by atoms with Crippen molar-refractivity contribution in [2.24, 2.45) is 0 Å². The molecule has 0 radical (unpaired) electrons. The monoisotopic (exact) mass is 400 g/mol. The first-order chi connectivity index (χ1) is 12.7. The van der Waals surface area contributed by atoms with Gasteiger partial charge in [0.2, 0.25) is 0 Å². The molecule has 4 heterocycles. The van der Waals surface area contributed by atoms with Crippen molar-refractivity contribution in [2.45, 2.75) is 43.4 Å². The molecule has 26 heavy (non-hydrogen) atoms. The van der Waals surface area contributed by atoms with Crippen molar-refractivity contribution in [1.29, 1.82) is 0 Å². The predicted octanol–water partition coefficient (Wildman–Crippen LogP) is 4.24. The number of aromatic nitrogens is 4. The highest BCUT2D eigenvalue weighted by Crippen LogP contribution is 2.40. The molecule has 0 amide bonds. The van der Waals surface area contributed by atoms with Crippen molar-refractivity contribution >= 4 is 49.6 Å². The molecule has 4 aromatic heterocycles. The summed E-state index contributed by atoms with van der Waals surface area (Å²) in [7, 11) is 0. The van der Waals surface area contributed by atoms with E-state index in [2.05, 4.69) is 9.97 Å². The largest absolute Gasteiger partial charge is 0.269 e. The van der Waals surface area contributed by atoms with Gasteiger partial charge >= 0.3 is 0 Å². The Labute approximate surface area is 162 Å². The quantitative estimate of drug-likeness (QED) is 0.380. The molecule has 0 saturated heterocycles. The SMILES string of the molecule is Cc1nc(SCc2cc(=O)n3ccsc3n2)c2c3c(sc2n1)CCCC3. The molecule has 4 aromatic rings. The molecule has 8 heteroatoms. The average Bonchev–Trinajstić information content (AvgIpc) is 3.23. The molecule has 1 aliphatic rings. The topological polar surface area (TPSA) is 60.2 Å². The number of hydrogen-bond acceptors (Lipinski definition) is 7. The first kappa shape index (κ1) is 16.4. The third-order valence-electron chi connectivity index (χ3n) is 4.61. The molecule has 0 bridgehead atoms. The standard InChI is InChI=1S/C18H16N4OS3/c1-10-19-16(15-12-4-2-3-5-13(12)26-17(15)20-10)25-9-11-8-14(23)22-6-7-24-18(22)21-11/h6-8H,2-5,9H2,1H3. The van der Waals surface area contributed by atoms with Gasteiger partial charge in [-0.05, 0) is 38.2 Å². The molecule has 0 fully saturated rings. The summed E-state index contributed by atoms with van der Waals surface area (Å²) in [6.07, 6.45) is 6.55. The van der Waals surface area contributed by atoms with Gasteiger partial charge in [0, 0.05) is 33.7 Å². The maximum Gasteiger partial charge on any atom is 0.258 e. The smallest absolute Gasteiger partial charge is 0.258 e. The van der Waals surface area contributed by atoms with Crippen LogP contribution in [0, 0.1) is 6.92 Å². The van der Waals surface area contributed by atoms with Crippen molar-refractivity contribution in [3.63, 3.8) is 0 Å². The number of thiophene rings is 1. The molecule has 0 atom stereocenters. The molecule has 0 aliphatic heterocycles. The highest BCUT2D eigenvalue weighted by molar-refractivity contribution is 7.98. The van der Waals surface area contributed by atoms with Crippen LogP contribution in [0.25, 0.3) is 15.2 Å². The van der Waals surface area contributed by atoms with Crippen LogP contribution in [0.1, 0.15) is 34.8 Å². The maximum atomic E-state index is 12.2. The molecule has 5 rings (SSSR count). The minimum Gasteiger partial charge on any atom is -0.269 e. The summed E-state index contributed by atoms with van der Waals surface area (Å²) in [6, 6.07) is 1.63. The summed E-state index contributed by atoms with van der Waals surface area (Å²) in [4.78, 5) is 29.5. The van der Waals surface area contributed by atoms with Crippen molar-refractivity contribution in [2.75, 3.05) is 0 Å². The average molecular weight is 401 g/mol. The van der Waals surface area contributed by atoms with Crippen LogP contribution in [-0.2, 0) is 18.6 Å². The second kappa shape index (κ2) is 6.44. The summed E-state index contributed by atoms with van der Waals surface area (Å²) >= 11 is 4.97. The Morgan fingerprint density at radius 1 is 1.23 bits per heavy atom. The van der Waals surface area contributed by atoms with Gasteiger partial charge in [0.15, 0.2) is 4.96 Å². The zero-order valence-electron chi connectivity index (χ0n) is 14.2. The van der Waals surface area contributed by atoms with E-state index in [4.69, 9.17) is 4.98 Å². The van der Waals surface area contributed by atoms with Crippen LogP contribution < -0.4 is 5.56 Å². The second-order valence-corrected chi connectivity index (χ2v) is 9.32. The summed E-state index contributed by atoms with van der Waals surface area (Å²) in [5.74, 6) is 1.44. The van der Waals surface area contributed by atoms with Gasteiger partial charge in [-0.15, -0.1) is 22.7 Å². The van der Waals surface area contributed by atoms with E-state index in [1.54, 1.807) is 28.4 Å². The lowest BCUT2D eigenvalue weighted by Gasteiger charge is -2.11. The van der Waals surface area contributed by atoms with Gasteiger partial charge in [0.05, 0.1) is 5.69 Å². The van der Waals surface area contributed by atoms with Gasteiger partial charge in [0.25, 0.3) is 5.56 Å². The molecular formula is C18H16N4OS3. The zero-order chi connectivity index (χ0) is 17.7. The number of nitrogens with zero attached hydrogens (tertiary/aromatic N) is 4. The zero-order valence-corrected chi connectivity index (χ0v) is 16.6. The number of thiazole rings is 1. The van der Waals surface area contributed by atoms with E-state index in [1.165, 1.54) is 40.0 Å². The van der Waals surface area contributed by atoms with Crippen molar-refractivity contribution in [1.82, 2.24) is 19.4 Å². The van der Waals surface area contributed by atoms with Crippen LogP contribution in [0.4, 0.5) is 0 Å².